The summed E-state index contributed by atoms with van der Waals surface area (Å²) in [6.07, 6.45) is 2.08. The van der Waals surface area contributed by atoms with Crippen molar-refractivity contribution in [2.75, 3.05) is 31.2 Å². The molecule has 0 atom stereocenters. The summed E-state index contributed by atoms with van der Waals surface area (Å²) in [6, 6.07) is 10.5. The molecule has 2 aliphatic rings. The largest absolute Gasteiger partial charge is 0.366 e. The number of hydrogen-bond acceptors (Lipinski definition) is 4. The number of aromatic nitrogens is 1. The maximum atomic E-state index is 5.90. The second kappa shape index (κ2) is 4.97. The fourth-order valence-electron chi connectivity index (χ4n) is 3.47. The molecule has 2 aromatic rings. The first-order valence-corrected chi connectivity index (χ1v) is 7.65. The molecule has 21 heavy (non-hydrogen) atoms. The molecule has 0 unspecified atom stereocenters. The van der Waals surface area contributed by atoms with Crippen LogP contribution in [0, 0.1) is 6.92 Å². The lowest BCUT2D eigenvalue weighted by Gasteiger charge is -2.40. The van der Waals surface area contributed by atoms with E-state index in [1.807, 2.05) is 6.07 Å². The minimum atomic E-state index is -0.392. The molecule has 0 radical (unpaired) electrons. The van der Waals surface area contributed by atoms with Crippen LogP contribution >= 0.6 is 0 Å². The first-order chi connectivity index (χ1) is 10.3. The van der Waals surface area contributed by atoms with Gasteiger partial charge < -0.3 is 14.4 Å². The van der Waals surface area contributed by atoms with Gasteiger partial charge >= 0.3 is 0 Å². The second-order valence-electron chi connectivity index (χ2n) is 5.93. The molecule has 3 heterocycles. The lowest BCUT2D eigenvalue weighted by atomic mass is 10.0. The Labute approximate surface area is 124 Å². The van der Waals surface area contributed by atoms with Gasteiger partial charge in [0.05, 0.1) is 25.3 Å². The van der Waals surface area contributed by atoms with Crippen LogP contribution in [0.25, 0.3) is 10.9 Å². The highest BCUT2D eigenvalue weighted by Gasteiger charge is 2.41. The van der Waals surface area contributed by atoms with Gasteiger partial charge in [-0.15, -0.1) is 0 Å². The Morgan fingerprint density at radius 1 is 1.19 bits per heavy atom. The van der Waals surface area contributed by atoms with Gasteiger partial charge in [0.15, 0.2) is 5.79 Å². The summed E-state index contributed by atoms with van der Waals surface area (Å²) in [7, 11) is 0. The molecule has 1 aromatic heterocycles. The van der Waals surface area contributed by atoms with E-state index in [0.29, 0.717) is 13.2 Å². The summed E-state index contributed by atoms with van der Waals surface area (Å²) in [5.41, 5.74) is 3.35. The van der Waals surface area contributed by atoms with E-state index in [1.165, 1.54) is 11.1 Å². The van der Waals surface area contributed by atoms with Gasteiger partial charge in [0.25, 0.3) is 0 Å². The van der Waals surface area contributed by atoms with Gasteiger partial charge in [0, 0.05) is 29.7 Å². The number of para-hydroxylation sites is 1. The zero-order chi connectivity index (χ0) is 14.3. The van der Waals surface area contributed by atoms with Crippen molar-refractivity contribution < 1.29 is 9.47 Å². The fraction of sp³-hybridized carbons (Fsp3) is 0.471. The first kappa shape index (κ1) is 13.0. The number of piperidine rings is 1. The Kier molecular flexibility index (Phi) is 3.08. The van der Waals surface area contributed by atoms with Crippen molar-refractivity contribution >= 4 is 16.6 Å². The zero-order valence-corrected chi connectivity index (χ0v) is 12.3. The van der Waals surface area contributed by atoms with Crippen LogP contribution in [-0.2, 0) is 9.47 Å². The zero-order valence-electron chi connectivity index (χ0n) is 12.3. The summed E-state index contributed by atoms with van der Waals surface area (Å²) in [6.45, 7) is 5.33. The maximum Gasteiger partial charge on any atom is 0.186 e. The van der Waals surface area contributed by atoms with E-state index in [2.05, 4.69) is 41.1 Å². The van der Waals surface area contributed by atoms with Crippen molar-refractivity contribution in [3.8, 4) is 0 Å². The number of pyridine rings is 1. The average Bonchev–Trinajstić information content (AvgIpc) is 2.94. The number of nitrogens with zero attached hydrogens (tertiary/aromatic N) is 2. The van der Waals surface area contributed by atoms with Gasteiger partial charge in [-0.3, -0.25) is 4.98 Å². The molecule has 0 bridgehead atoms. The minimum absolute atomic E-state index is 0.392. The number of aryl methyl sites for hydroxylation is 1. The van der Waals surface area contributed by atoms with Crippen LogP contribution in [0.5, 0.6) is 0 Å². The molecule has 0 amide bonds. The smallest absolute Gasteiger partial charge is 0.186 e. The number of fused-ring (bicyclic) bond motifs is 1. The van der Waals surface area contributed by atoms with E-state index in [4.69, 9.17) is 9.47 Å². The van der Waals surface area contributed by atoms with E-state index in [0.717, 1.165) is 37.1 Å². The topological polar surface area (TPSA) is 34.6 Å². The van der Waals surface area contributed by atoms with E-state index in [1.54, 1.807) is 0 Å². The summed E-state index contributed by atoms with van der Waals surface area (Å²) in [5.74, 6) is -0.392. The molecule has 0 aliphatic carbocycles. The van der Waals surface area contributed by atoms with Gasteiger partial charge in [-0.25, -0.2) is 0 Å². The number of hydrogen-bond donors (Lipinski definition) is 0. The third kappa shape index (κ3) is 2.28. The Hall–Kier alpha value is -1.65. The monoisotopic (exact) mass is 284 g/mol. The summed E-state index contributed by atoms with van der Waals surface area (Å²) < 4.78 is 11.8. The Morgan fingerprint density at radius 3 is 2.86 bits per heavy atom. The standard InChI is InChI=1S/C17H20N2O2/c1-13-11-16(14-5-2-3-6-15(14)18-13)19-8-4-7-17(12-19)20-9-10-21-17/h2-3,5-6,11H,4,7-10,12H2,1H3. The Bertz CT molecular complexity index is 665. The highest BCUT2D eigenvalue weighted by Crippen LogP contribution is 2.35. The van der Waals surface area contributed by atoms with Crippen LogP contribution in [0.3, 0.4) is 0 Å². The minimum Gasteiger partial charge on any atom is -0.366 e. The van der Waals surface area contributed by atoms with E-state index in [-0.39, 0.29) is 0 Å². The normalized spacial score (nSPS) is 21.3. The van der Waals surface area contributed by atoms with Crippen molar-refractivity contribution in [3.63, 3.8) is 0 Å². The molecule has 2 saturated heterocycles. The third-order valence-corrected chi connectivity index (χ3v) is 4.39. The van der Waals surface area contributed by atoms with Crippen LogP contribution in [-0.4, -0.2) is 37.1 Å². The number of anilines is 1. The molecule has 1 spiro atoms. The summed E-state index contributed by atoms with van der Waals surface area (Å²) in [4.78, 5) is 7.03. The molecule has 1 aromatic carbocycles. The summed E-state index contributed by atoms with van der Waals surface area (Å²) >= 11 is 0. The average molecular weight is 284 g/mol. The molecule has 4 rings (SSSR count). The van der Waals surface area contributed by atoms with Crippen LogP contribution in [0.4, 0.5) is 5.69 Å². The van der Waals surface area contributed by atoms with E-state index < -0.39 is 5.79 Å². The van der Waals surface area contributed by atoms with Gasteiger partial charge in [0.1, 0.15) is 0 Å². The molecule has 2 fully saturated rings. The predicted octanol–water partition coefficient (Wildman–Crippen LogP) is 2.89. The predicted molar refractivity (Wildman–Crippen MR) is 82.6 cm³/mol. The molecule has 0 N–H and O–H groups in total. The highest BCUT2D eigenvalue weighted by atomic mass is 16.7. The number of rotatable bonds is 1. The van der Waals surface area contributed by atoms with Gasteiger partial charge in [-0.1, -0.05) is 18.2 Å². The molecule has 110 valence electrons. The van der Waals surface area contributed by atoms with Gasteiger partial charge in [-0.05, 0) is 25.5 Å². The van der Waals surface area contributed by atoms with Crippen LogP contribution in [0.15, 0.2) is 30.3 Å². The SMILES string of the molecule is Cc1cc(N2CCCC3(C2)OCCO3)c2ccccc2n1. The van der Waals surface area contributed by atoms with Gasteiger partial charge in [0.2, 0.25) is 0 Å². The molecule has 4 nitrogen and oxygen atoms in total. The molecule has 4 heteroatoms. The quantitative estimate of drug-likeness (QED) is 0.806. The molecule has 2 aliphatic heterocycles. The van der Waals surface area contributed by atoms with Gasteiger partial charge in [-0.2, -0.15) is 0 Å². The maximum absolute atomic E-state index is 5.90. The van der Waals surface area contributed by atoms with Crippen LogP contribution in [0.1, 0.15) is 18.5 Å². The molecular weight excluding hydrogens is 264 g/mol. The van der Waals surface area contributed by atoms with Crippen molar-refractivity contribution in [1.29, 1.82) is 0 Å². The van der Waals surface area contributed by atoms with Crippen molar-refractivity contribution in [3.05, 3.63) is 36.0 Å². The summed E-state index contributed by atoms with van der Waals surface area (Å²) in [5, 5.41) is 1.21. The highest BCUT2D eigenvalue weighted by molar-refractivity contribution is 5.92. The Balaban J connectivity index is 1.75. The molecule has 0 saturated carbocycles. The van der Waals surface area contributed by atoms with Crippen molar-refractivity contribution in [2.24, 2.45) is 0 Å². The number of ether oxygens (including phenoxy) is 2. The van der Waals surface area contributed by atoms with Crippen LogP contribution in [0.2, 0.25) is 0 Å². The second-order valence-corrected chi connectivity index (χ2v) is 5.93. The Morgan fingerprint density at radius 2 is 2.00 bits per heavy atom. The van der Waals surface area contributed by atoms with Crippen molar-refractivity contribution in [2.45, 2.75) is 25.6 Å². The first-order valence-electron chi connectivity index (χ1n) is 7.65. The lowest BCUT2D eigenvalue weighted by molar-refractivity contribution is -0.161. The molecular formula is C17H20N2O2. The lowest BCUT2D eigenvalue weighted by Crippen LogP contribution is -2.49. The van der Waals surface area contributed by atoms with Crippen molar-refractivity contribution in [1.82, 2.24) is 4.98 Å². The van der Waals surface area contributed by atoms with E-state index >= 15 is 0 Å². The van der Waals surface area contributed by atoms with E-state index in [9.17, 15) is 0 Å². The van der Waals surface area contributed by atoms with Crippen LogP contribution < -0.4 is 4.90 Å². The third-order valence-electron chi connectivity index (χ3n) is 4.39. The number of benzene rings is 1. The fourth-order valence-corrected chi connectivity index (χ4v) is 3.47.